The Bertz CT molecular complexity index is 632. The molecule has 0 bridgehead atoms. The highest BCUT2D eigenvalue weighted by molar-refractivity contribution is 6.35. The SMILES string of the molecule is O=C(NCc1ccc(Cl)cc1Cl)Nc1cccc(Cl)c1. The summed E-state index contributed by atoms with van der Waals surface area (Å²) >= 11 is 17.7. The lowest BCUT2D eigenvalue weighted by Crippen LogP contribution is -2.28. The molecule has 0 fully saturated rings. The number of urea groups is 1. The third-order valence-electron chi connectivity index (χ3n) is 2.54. The fourth-order valence-corrected chi connectivity index (χ4v) is 2.25. The van der Waals surface area contributed by atoms with Gasteiger partial charge in [0.25, 0.3) is 0 Å². The highest BCUT2D eigenvalue weighted by atomic mass is 35.5. The van der Waals surface area contributed by atoms with Gasteiger partial charge in [0.1, 0.15) is 0 Å². The number of halogens is 3. The predicted octanol–water partition coefficient (Wildman–Crippen LogP) is 4.97. The predicted molar refractivity (Wildman–Crippen MR) is 83.8 cm³/mol. The molecule has 0 aliphatic carbocycles. The van der Waals surface area contributed by atoms with Gasteiger partial charge in [-0.25, -0.2) is 4.79 Å². The van der Waals surface area contributed by atoms with Crippen molar-refractivity contribution in [3.05, 3.63) is 63.1 Å². The molecule has 2 N–H and O–H groups in total. The highest BCUT2D eigenvalue weighted by Gasteiger charge is 2.05. The number of hydrogen-bond donors (Lipinski definition) is 2. The van der Waals surface area contributed by atoms with Gasteiger partial charge in [0.05, 0.1) is 0 Å². The summed E-state index contributed by atoms with van der Waals surface area (Å²) in [5, 5.41) is 7.02. The van der Waals surface area contributed by atoms with Crippen LogP contribution in [-0.4, -0.2) is 6.03 Å². The first-order chi connectivity index (χ1) is 9.54. The third kappa shape index (κ3) is 4.30. The number of carbonyl (C=O) groups is 1. The first-order valence-corrected chi connectivity index (χ1v) is 6.92. The number of rotatable bonds is 3. The van der Waals surface area contributed by atoms with Crippen molar-refractivity contribution in [3.8, 4) is 0 Å². The van der Waals surface area contributed by atoms with Crippen molar-refractivity contribution in [2.75, 3.05) is 5.32 Å². The average molecular weight is 330 g/mol. The zero-order chi connectivity index (χ0) is 14.5. The van der Waals surface area contributed by atoms with E-state index in [1.807, 2.05) is 0 Å². The molecule has 0 atom stereocenters. The van der Waals surface area contributed by atoms with E-state index in [9.17, 15) is 4.79 Å². The van der Waals surface area contributed by atoms with Crippen LogP contribution in [0, 0.1) is 0 Å². The maximum absolute atomic E-state index is 11.7. The summed E-state index contributed by atoms with van der Waals surface area (Å²) in [5.41, 5.74) is 1.41. The lowest BCUT2D eigenvalue weighted by atomic mass is 10.2. The summed E-state index contributed by atoms with van der Waals surface area (Å²) in [7, 11) is 0. The van der Waals surface area contributed by atoms with E-state index in [-0.39, 0.29) is 6.03 Å². The monoisotopic (exact) mass is 328 g/mol. The molecule has 6 heteroatoms. The molecule has 0 aliphatic heterocycles. The van der Waals surface area contributed by atoms with E-state index in [1.165, 1.54) is 0 Å². The fraction of sp³-hybridized carbons (Fsp3) is 0.0714. The van der Waals surface area contributed by atoms with E-state index >= 15 is 0 Å². The Balaban J connectivity index is 1.92. The molecule has 0 spiro atoms. The second-order valence-corrected chi connectivity index (χ2v) is 5.33. The standard InChI is InChI=1S/C14H11Cl3N2O/c15-10-2-1-3-12(6-10)19-14(20)18-8-9-4-5-11(16)7-13(9)17/h1-7H,8H2,(H2,18,19,20). The maximum Gasteiger partial charge on any atom is 0.319 e. The molecule has 2 aromatic rings. The minimum atomic E-state index is -0.335. The maximum atomic E-state index is 11.7. The Labute approximate surface area is 131 Å². The molecular weight excluding hydrogens is 319 g/mol. The largest absolute Gasteiger partial charge is 0.334 e. The summed E-state index contributed by atoms with van der Waals surface area (Å²) < 4.78 is 0. The van der Waals surface area contributed by atoms with Gasteiger partial charge in [-0.05, 0) is 35.9 Å². The zero-order valence-corrected chi connectivity index (χ0v) is 12.6. The molecular formula is C14H11Cl3N2O. The molecule has 2 aromatic carbocycles. The summed E-state index contributed by atoms with van der Waals surface area (Å²) in [4.78, 5) is 11.7. The van der Waals surface area contributed by atoms with E-state index < -0.39 is 0 Å². The van der Waals surface area contributed by atoms with E-state index in [0.717, 1.165) is 5.56 Å². The lowest BCUT2D eigenvalue weighted by molar-refractivity contribution is 0.252. The van der Waals surface area contributed by atoms with E-state index in [1.54, 1.807) is 42.5 Å². The molecule has 0 aromatic heterocycles. The Morgan fingerprint density at radius 2 is 1.75 bits per heavy atom. The van der Waals surface area contributed by atoms with Gasteiger partial charge in [0.2, 0.25) is 0 Å². The van der Waals surface area contributed by atoms with Gasteiger partial charge in [0, 0.05) is 27.3 Å². The first-order valence-electron chi connectivity index (χ1n) is 5.79. The fourth-order valence-electron chi connectivity index (χ4n) is 1.58. The van der Waals surface area contributed by atoms with Crippen LogP contribution in [0.5, 0.6) is 0 Å². The van der Waals surface area contributed by atoms with Crippen LogP contribution in [-0.2, 0) is 6.54 Å². The van der Waals surface area contributed by atoms with Gasteiger partial charge in [-0.2, -0.15) is 0 Å². The molecule has 0 saturated carbocycles. The topological polar surface area (TPSA) is 41.1 Å². The minimum absolute atomic E-state index is 0.308. The van der Waals surface area contributed by atoms with Crippen molar-refractivity contribution in [2.24, 2.45) is 0 Å². The van der Waals surface area contributed by atoms with Gasteiger partial charge in [-0.3, -0.25) is 0 Å². The van der Waals surface area contributed by atoms with Gasteiger partial charge in [0.15, 0.2) is 0 Å². The highest BCUT2D eigenvalue weighted by Crippen LogP contribution is 2.20. The molecule has 104 valence electrons. The lowest BCUT2D eigenvalue weighted by Gasteiger charge is -2.09. The van der Waals surface area contributed by atoms with Crippen LogP contribution in [0.1, 0.15) is 5.56 Å². The van der Waals surface area contributed by atoms with Crippen LogP contribution < -0.4 is 10.6 Å². The van der Waals surface area contributed by atoms with Crippen molar-refractivity contribution >= 4 is 46.5 Å². The second-order valence-electron chi connectivity index (χ2n) is 4.05. The van der Waals surface area contributed by atoms with Crippen molar-refractivity contribution in [1.29, 1.82) is 0 Å². The summed E-state index contributed by atoms with van der Waals surface area (Å²) in [6.07, 6.45) is 0. The van der Waals surface area contributed by atoms with Gasteiger partial charge < -0.3 is 10.6 Å². The number of hydrogen-bond acceptors (Lipinski definition) is 1. The minimum Gasteiger partial charge on any atom is -0.334 e. The Hall–Kier alpha value is -1.42. The molecule has 0 radical (unpaired) electrons. The number of nitrogens with one attached hydrogen (secondary N) is 2. The summed E-state index contributed by atoms with van der Waals surface area (Å²) in [5.74, 6) is 0. The van der Waals surface area contributed by atoms with Crippen molar-refractivity contribution < 1.29 is 4.79 Å². The number of anilines is 1. The molecule has 3 nitrogen and oxygen atoms in total. The van der Waals surface area contributed by atoms with Crippen LogP contribution in [0.15, 0.2) is 42.5 Å². The van der Waals surface area contributed by atoms with Gasteiger partial charge >= 0.3 is 6.03 Å². The normalized spacial score (nSPS) is 10.2. The molecule has 2 amide bonds. The Morgan fingerprint density at radius 3 is 2.45 bits per heavy atom. The van der Waals surface area contributed by atoms with Crippen LogP contribution in [0.2, 0.25) is 15.1 Å². The summed E-state index contributed by atoms with van der Waals surface area (Å²) in [6, 6.07) is 11.7. The average Bonchev–Trinajstić information content (AvgIpc) is 2.37. The second kappa shape index (κ2) is 6.84. The van der Waals surface area contributed by atoms with Crippen molar-refractivity contribution in [3.63, 3.8) is 0 Å². The van der Waals surface area contributed by atoms with Crippen molar-refractivity contribution in [1.82, 2.24) is 5.32 Å². The molecule has 0 aliphatic rings. The van der Waals surface area contributed by atoms with Crippen LogP contribution in [0.4, 0.5) is 10.5 Å². The number of benzene rings is 2. The Morgan fingerprint density at radius 1 is 1.00 bits per heavy atom. The van der Waals surface area contributed by atoms with E-state index in [4.69, 9.17) is 34.8 Å². The van der Waals surface area contributed by atoms with Crippen molar-refractivity contribution in [2.45, 2.75) is 6.54 Å². The van der Waals surface area contributed by atoms with Crippen LogP contribution in [0.3, 0.4) is 0 Å². The molecule has 0 heterocycles. The molecule has 2 rings (SSSR count). The molecule has 20 heavy (non-hydrogen) atoms. The van der Waals surface area contributed by atoms with Crippen LogP contribution in [0.25, 0.3) is 0 Å². The molecule has 0 unspecified atom stereocenters. The van der Waals surface area contributed by atoms with Gasteiger partial charge in [-0.15, -0.1) is 0 Å². The van der Waals surface area contributed by atoms with Crippen LogP contribution >= 0.6 is 34.8 Å². The quantitative estimate of drug-likeness (QED) is 0.820. The first kappa shape index (κ1) is 15.0. The number of carbonyl (C=O) groups excluding carboxylic acids is 1. The van der Waals surface area contributed by atoms with E-state index in [0.29, 0.717) is 27.3 Å². The van der Waals surface area contributed by atoms with Gasteiger partial charge in [-0.1, -0.05) is 46.9 Å². The number of amides is 2. The Kier molecular flexibility index (Phi) is 5.12. The zero-order valence-electron chi connectivity index (χ0n) is 10.3. The third-order valence-corrected chi connectivity index (χ3v) is 3.36. The smallest absolute Gasteiger partial charge is 0.319 e. The molecule has 0 saturated heterocycles. The summed E-state index contributed by atoms with van der Waals surface area (Å²) in [6.45, 7) is 0.308. The van der Waals surface area contributed by atoms with E-state index in [2.05, 4.69) is 10.6 Å².